The standard InChI is InChI=1S/C13H12BrN3O2/c1-7-2-4-10(8(14)6-7)16-12-9(15)3-5-11(17-12)13(18)19/h2-6H,15H2,1H3,(H,16,17)(H,18,19). The maximum Gasteiger partial charge on any atom is 0.354 e. The van der Waals surface area contributed by atoms with Crippen LogP contribution in [0.3, 0.4) is 0 Å². The lowest BCUT2D eigenvalue weighted by Gasteiger charge is -2.11. The van der Waals surface area contributed by atoms with Crippen molar-refractivity contribution in [2.75, 3.05) is 11.1 Å². The smallest absolute Gasteiger partial charge is 0.354 e. The SMILES string of the molecule is Cc1ccc(Nc2nc(C(=O)O)ccc2N)c(Br)c1. The molecule has 1 aromatic heterocycles. The molecule has 5 nitrogen and oxygen atoms in total. The number of nitrogens with zero attached hydrogens (tertiary/aromatic N) is 1. The quantitative estimate of drug-likeness (QED) is 0.808. The molecule has 0 aliphatic heterocycles. The number of nitrogens with one attached hydrogen (secondary N) is 1. The van der Waals surface area contributed by atoms with E-state index in [0.29, 0.717) is 11.5 Å². The van der Waals surface area contributed by atoms with Gasteiger partial charge in [-0.15, -0.1) is 0 Å². The van der Waals surface area contributed by atoms with Crippen LogP contribution in [0.1, 0.15) is 16.1 Å². The zero-order chi connectivity index (χ0) is 14.0. The lowest BCUT2D eigenvalue weighted by atomic mass is 10.2. The molecule has 6 heteroatoms. The number of carboxylic acids is 1. The molecule has 2 rings (SSSR count). The van der Waals surface area contributed by atoms with Crippen LogP contribution in [0.4, 0.5) is 17.2 Å². The zero-order valence-corrected chi connectivity index (χ0v) is 11.7. The lowest BCUT2D eigenvalue weighted by molar-refractivity contribution is 0.0690. The fraction of sp³-hybridized carbons (Fsp3) is 0.0769. The number of pyridine rings is 1. The zero-order valence-electron chi connectivity index (χ0n) is 10.1. The number of carboxylic acid groups (broad SMARTS) is 1. The first kappa shape index (κ1) is 13.4. The second kappa shape index (κ2) is 5.27. The van der Waals surface area contributed by atoms with Gasteiger partial charge in [0.25, 0.3) is 0 Å². The maximum atomic E-state index is 10.9. The number of halogens is 1. The van der Waals surface area contributed by atoms with Crippen molar-refractivity contribution in [3.8, 4) is 0 Å². The average molecular weight is 322 g/mol. The topological polar surface area (TPSA) is 88.2 Å². The normalized spacial score (nSPS) is 10.2. The largest absolute Gasteiger partial charge is 0.477 e. The molecule has 0 saturated heterocycles. The predicted octanol–water partition coefficient (Wildman–Crippen LogP) is 3.18. The third-order valence-electron chi connectivity index (χ3n) is 2.52. The Labute approximate surface area is 118 Å². The number of aromatic nitrogens is 1. The van der Waals surface area contributed by atoms with Crippen molar-refractivity contribution in [2.24, 2.45) is 0 Å². The predicted molar refractivity (Wildman–Crippen MR) is 77.8 cm³/mol. The van der Waals surface area contributed by atoms with Crippen LogP contribution in [0.15, 0.2) is 34.8 Å². The summed E-state index contributed by atoms with van der Waals surface area (Å²) < 4.78 is 0.856. The summed E-state index contributed by atoms with van der Waals surface area (Å²) in [5.74, 6) is -0.768. The van der Waals surface area contributed by atoms with E-state index in [1.54, 1.807) is 0 Å². The Bertz CT molecular complexity index is 644. The molecule has 1 aromatic carbocycles. The van der Waals surface area contributed by atoms with Gasteiger partial charge in [-0.05, 0) is 52.7 Å². The summed E-state index contributed by atoms with van der Waals surface area (Å²) in [6, 6.07) is 8.63. The minimum atomic E-state index is -1.09. The van der Waals surface area contributed by atoms with E-state index in [1.165, 1.54) is 12.1 Å². The number of nitrogen functional groups attached to an aromatic ring is 1. The number of aromatic carboxylic acids is 1. The Hall–Kier alpha value is -2.08. The van der Waals surface area contributed by atoms with Gasteiger partial charge in [-0.2, -0.15) is 0 Å². The fourth-order valence-corrected chi connectivity index (χ4v) is 2.13. The Kier molecular flexibility index (Phi) is 3.71. The molecule has 0 aliphatic carbocycles. The van der Waals surface area contributed by atoms with E-state index < -0.39 is 5.97 Å². The summed E-state index contributed by atoms with van der Waals surface area (Å²) in [5.41, 5.74) is 7.99. The molecule has 0 aliphatic rings. The summed E-state index contributed by atoms with van der Waals surface area (Å²) >= 11 is 3.43. The van der Waals surface area contributed by atoms with Crippen LogP contribution in [0, 0.1) is 6.92 Å². The minimum Gasteiger partial charge on any atom is -0.477 e. The summed E-state index contributed by atoms with van der Waals surface area (Å²) in [5, 5.41) is 11.9. The number of rotatable bonds is 3. The molecule has 0 amide bonds. The van der Waals surface area contributed by atoms with Crippen molar-refractivity contribution in [1.29, 1.82) is 0 Å². The van der Waals surface area contributed by atoms with Crippen molar-refractivity contribution >= 4 is 39.1 Å². The Morgan fingerprint density at radius 2 is 2.11 bits per heavy atom. The number of nitrogens with two attached hydrogens (primary N) is 1. The van der Waals surface area contributed by atoms with E-state index in [1.807, 2.05) is 25.1 Å². The average Bonchev–Trinajstić information content (AvgIpc) is 2.34. The molecular weight excluding hydrogens is 310 g/mol. The number of hydrogen-bond acceptors (Lipinski definition) is 4. The number of aryl methyl sites for hydroxylation is 1. The van der Waals surface area contributed by atoms with Crippen LogP contribution in [0.2, 0.25) is 0 Å². The van der Waals surface area contributed by atoms with Gasteiger partial charge < -0.3 is 16.2 Å². The van der Waals surface area contributed by atoms with Crippen molar-refractivity contribution in [2.45, 2.75) is 6.92 Å². The van der Waals surface area contributed by atoms with Gasteiger partial charge >= 0.3 is 5.97 Å². The molecule has 0 fully saturated rings. The Morgan fingerprint density at radius 3 is 2.74 bits per heavy atom. The summed E-state index contributed by atoms with van der Waals surface area (Å²) in [6.07, 6.45) is 0. The summed E-state index contributed by atoms with van der Waals surface area (Å²) in [6.45, 7) is 1.98. The van der Waals surface area contributed by atoms with Crippen LogP contribution < -0.4 is 11.1 Å². The van der Waals surface area contributed by atoms with Crippen LogP contribution in [-0.4, -0.2) is 16.1 Å². The molecule has 0 unspecified atom stereocenters. The first-order valence-electron chi connectivity index (χ1n) is 5.50. The highest BCUT2D eigenvalue weighted by Gasteiger charge is 2.10. The second-order valence-corrected chi connectivity index (χ2v) is 4.90. The van der Waals surface area contributed by atoms with Crippen LogP contribution in [-0.2, 0) is 0 Å². The monoisotopic (exact) mass is 321 g/mol. The van der Waals surface area contributed by atoms with E-state index >= 15 is 0 Å². The van der Waals surface area contributed by atoms with Gasteiger partial charge in [0.15, 0.2) is 11.5 Å². The first-order chi connectivity index (χ1) is 8.97. The number of carbonyl (C=O) groups is 1. The van der Waals surface area contributed by atoms with E-state index in [2.05, 4.69) is 26.2 Å². The van der Waals surface area contributed by atoms with Gasteiger partial charge in [0.05, 0.1) is 11.4 Å². The highest BCUT2D eigenvalue weighted by molar-refractivity contribution is 9.10. The maximum absolute atomic E-state index is 10.9. The van der Waals surface area contributed by atoms with E-state index in [0.717, 1.165) is 15.7 Å². The fourth-order valence-electron chi connectivity index (χ4n) is 1.54. The van der Waals surface area contributed by atoms with E-state index in [9.17, 15) is 4.79 Å². The molecule has 0 spiro atoms. The molecule has 1 heterocycles. The van der Waals surface area contributed by atoms with Gasteiger partial charge in [-0.3, -0.25) is 0 Å². The van der Waals surface area contributed by atoms with E-state index in [-0.39, 0.29) is 5.69 Å². The van der Waals surface area contributed by atoms with Crippen molar-refractivity contribution in [3.63, 3.8) is 0 Å². The molecule has 2 aromatic rings. The molecule has 0 atom stereocenters. The molecule has 4 N–H and O–H groups in total. The molecule has 98 valence electrons. The third-order valence-corrected chi connectivity index (χ3v) is 3.18. The van der Waals surface area contributed by atoms with Gasteiger partial charge in [0.1, 0.15) is 0 Å². The van der Waals surface area contributed by atoms with Crippen LogP contribution in [0.25, 0.3) is 0 Å². The first-order valence-corrected chi connectivity index (χ1v) is 6.29. The summed E-state index contributed by atoms with van der Waals surface area (Å²) in [7, 11) is 0. The Balaban J connectivity index is 2.37. The molecular formula is C13H12BrN3O2. The van der Waals surface area contributed by atoms with Crippen molar-refractivity contribution < 1.29 is 9.90 Å². The van der Waals surface area contributed by atoms with Crippen molar-refractivity contribution in [3.05, 3.63) is 46.1 Å². The number of anilines is 3. The Morgan fingerprint density at radius 1 is 1.37 bits per heavy atom. The second-order valence-electron chi connectivity index (χ2n) is 4.05. The number of benzene rings is 1. The van der Waals surface area contributed by atoms with Gasteiger partial charge in [0.2, 0.25) is 0 Å². The van der Waals surface area contributed by atoms with Crippen molar-refractivity contribution in [1.82, 2.24) is 4.98 Å². The van der Waals surface area contributed by atoms with E-state index in [4.69, 9.17) is 10.8 Å². The van der Waals surface area contributed by atoms with Gasteiger partial charge in [-0.1, -0.05) is 6.07 Å². The number of hydrogen-bond donors (Lipinski definition) is 3. The van der Waals surface area contributed by atoms with Crippen LogP contribution in [0.5, 0.6) is 0 Å². The minimum absolute atomic E-state index is 0.0556. The summed E-state index contributed by atoms with van der Waals surface area (Å²) in [4.78, 5) is 14.9. The highest BCUT2D eigenvalue weighted by atomic mass is 79.9. The van der Waals surface area contributed by atoms with Crippen LogP contribution >= 0.6 is 15.9 Å². The van der Waals surface area contributed by atoms with Gasteiger partial charge in [-0.25, -0.2) is 9.78 Å². The lowest BCUT2D eigenvalue weighted by Crippen LogP contribution is -2.06. The molecule has 0 saturated carbocycles. The molecule has 0 radical (unpaired) electrons. The van der Waals surface area contributed by atoms with Gasteiger partial charge in [0, 0.05) is 4.47 Å². The molecule has 19 heavy (non-hydrogen) atoms. The molecule has 0 bridgehead atoms. The highest BCUT2D eigenvalue weighted by Crippen LogP contribution is 2.28. The third kappa shape index (κ3) is 3.03.